The van der Waals surface area contributed by atoms with Crippen molar-refractivity contribution < 1.29 is 17.3 Å². The van der Waals surface area contributed by atoms with Crippen LogP contribution >= 0.6 is 0 Å². The highest BCUT2D eigenvalue weighted by Crippen LogP contribution is 2.29. The summed E-state index contributed by atoms with van der Waals surface area (Å²) < 4.78 is 35.3. The van der Waals surface area contributed by atoms with Gasteiger partial charge in [0.25, 0.3) is 0 Å². The molecule has 0 bridgehead atoms. The summed E-state index contributed by atoms with van der Waals surface area (Å²) in [4.78, 5) is 0.0324. The molecule has 2 aromatic carbocycles. The van der Waals surface area contributed by atoms with Crippen LogP contribution in [0.25, 0.3) is 0 Å². The maximum absolute atomic E-state index is 12.5. The second kappa shape index (κ2) is 5.77. The van der Waals surface area contributed by atoms with Gasteiger partial charge in [0.05, 0.1) is 7.11 Å². The van der Waals surface area contributed by atoms with Crippen LogP contribution in [0.5, 0.6) is 11.5 Å². The zero-order valence-corrected chi connectivity index (χ0v) is 13.3. The number of methoxy groups -OCH3 is 1. The molecule has 2 aromatic rings. The van der Waals surface area contributed by atoms with Gasteiger partial charge in [0.2, 0.25) is 0 Å². The summed E-state index contributed by atoms with van der Waals surface area (Å²) in [7, 11) is -2.51. The average Bonchev–Trinajstić information content (AvgIpc) is 2.42. The minimum absolute atomic E-state index is 0.0324. The van der Waals surface area contributed by atoms with E-state index in [0.717, 1.165) is 16.7 Å². The number of hydrogen-bond donors (Lipinski definition) is 0. The summed E-state index contributed by atoms with van der Waals surface area (Å²) in [6.45, 7) is 5.57. The quantitative estimate of drug-likeness (QED) is 0.813. The molecule has 0 saturated carbocycles. The standard InChI is InChI=1S/C16H18O4S/c1-11-5-7-14(13(3)9-11)20-21(17,18)16-10-12(2)6-8-15(16)19-4/h5-10H,1-4H3. The van der Waals surface area contributed by atoms with Gasteiger partial charge in [-0.2, -0.15) is 8.42 Å². The number of ether oxygens (including phenoxy) is 1. The fourth-order valence-electron chi connectivity index (χ4n) is 2.04. The summed E-state index contributed by atoms with van der Waals surface area (Å²) in [5.41, 5.74) is 2.63. The Hall–Kier alpha value is -2.01. The highest BCUT2D eigenvalue weighted by atomic mass is 32.2. The van der Waals surface area contributed by atoms with E-state index in [1.807, 2.05) is 32.9 Å². The molecule has 0 atom stereocenters. The van der Waals surface area contributed by atoms with E-state index in [2.05, 4.69) is 0 Å². The van der Waals surface area contributed by atoms with Crippen molar-refractivity contribution in [1.82, 2.24) is 0 Å². The summed E-state index contributed by atoms with van der Waals surface area (Å²) >= 11 is 0. The molecule has 0 fully saturated rings. The molecular formula is C16H18O4S. The van der Waals surface area contributed by atoms with E-state index in [4.69, 9.17) is 8.92 Å². The molecule has 21 heavy (non-hydrogen) atoms. The van der Waals surface area contributed by atoms with E-state index >= 15 is 0 Å². The van der Waals surface area contributed by atoms with Crippen molar-refractivity contribution in [3.8, 4) is 11.5 Å². The molecule has 0 saturated heterocycles. The predicted molar refractivity (Wildman–Crippen MR) is 81.5 cm³/mol. The molecular weight excluding hydrogens is 288 g/mol. The molecule has 0 heterocycles. The van der Waals surface area contributed by atoms with Crippen LogP contribution < -0.4 is 8.92 Å². The first-order valence-corrected chi connectivity index (χ1v) is 7.90. The van der Waals surface area contributed by atoms with Gasteiger partial charge >= 0.3 is 10.1 Å². The zero-order valence-electron chi connectivity index (χ0n) is 12.5. The Morgan fingerprint density at radius 3 is 2.00 bits per heavy atom. The fourth-order valence-corrected chi connectivity index (χ4v) is 3.28. The Bertz CT molecular complexity index is 764. The van der Waals surface area contributed by atoms with Gasteiger partial charge < -0.3 is 8.92 Å². The minimum Gasteiger partial charge on any atom is -0.495 e. The van der Waals surface area contributed by atoms with E-state index in [-0.39, 0.29) is 10.6 Å². The van der Waals surface area contributed by atoms with Crippen molar-refractivity contribution >= 4 is 10.1 Å². The van der Waals surface area contributed by atoms with Crippen molar-refractivity contribution in [1.29, 1.82) is 0 Å². The zero-order chi connectivity index (χ0) is 15.6. The number of rotatable bonds is 4. The molecule has 0 aromatic heterocycles. The van der Waals surface area contributed by atoms with Crippen LogP contribution in [-0.4, -0.2) is 15.5 Å². The van der Waals surface area contributed by atoms with Gasteiger partial charge in [0.15, 0.2) is 0 Å². The molecule has 0 aliphatic heterocycles. The normalized spacial score (nSPS) is 11.2. The molecule has 0 amide bonds. The number of aryl methyl sites for hydroxylation is 3. The van der Waals surface area contributed by atoms with Gasteiger partial charge in [-0.3, -0.25) is 0 Å². The Kier molecular flexibility index (Phi) is 4.23. The monoisotopic (exact) mass is 306 g/mol. The van der Waals surface area contributed by atoms with Crippen LogP contribution in [0.15, 0.2) is 41.3 Å². The maximum Gasteiger partial charge on any atom is 0.342 e. The molecule has 0 N–H and O–H groups in total. The van der Waals surface area contributed by atoms with E-state index in [9.17, 15) is 8.42 Å². The highest BCUT2D eigenvalue weighted by Gasteiger charge is 2.22. The molecule has 2 rings (SSSR count). The number of hydrogen-bond acceptors (Lipinski definition) is 4. The van der Waals surface area contributed by atoms with Crippen LogP contribution in [0.4, 0.5) is 0 Å². The Balaban J connectivity index is 2.45. The molecule has 112 valence electrons. The Labute approximate surface area is 125 Å². The molecule has 0 spiro atoms. The average molecular weight is 306 g/mol. The van der Waals surface area contributed by atoms with Crippen molar-refractivity contribution in [3.05, 3.63) is 53.1 Å². The lowest BCUT2D eigenvalue weighted by molar-refractivity contribution is 0.398. The van der Waals surface area contributed by atoms with E-state index < -0.39 is 10.1 Å². The van der Waals surface area contributed by atoms with Crippen LogP contribution in [0.2, 0.25) is 0 Å². The SMILES string of the molecule is COc1ccc(C)cc1S(=O)(=O)Oc1ccc(C)cc1C. The molecule has 0 unspecified atom stereocenters. The van der Waals surface area contributed by atoms with Crippen LogP contribution in [0.3, 0.4) is 0 Å². The smallest absolute Gasteiger partial charge is 0.342 e. The number of benzene rings is 2. The third kappa shape index (κ3) is 3.36. The second-order valence-corrected chi connectivity index (χ2v) is 6.48. The lowest BCUT2D eigenvalue weighted by atomic mass is 10.1. The van der Waals surface area contributed by atoms with Gasteiger partial charge in [-0.25, -0.2) is 0 Å². The van der Waals surface area contributed by atoms with Crippen molar-refractivity contribution in [3.63, 3.8) is 0 Å². The molecule has 5 heteroatoms. The Morgan fingerprint density at radius 2 is 1.43 bits per heavy atom. The first kappa shape index (κ1) is 15.4. The van der Waals surface area contributed by atoms with Gasteiger partial charge in [-0.1, -0.05) is 23.8 Å². The van der Waals surface area contributed by atoms with E-state index in [0.29, 0.717) is 5.75 Å². The van der Waals surface area contributed by atoms with Gasteiger partial charge in [0, 0.05) is 0 Å². The van der Waals surface area contributed by atoms with E-state index in [1.165, 1.54) is 13.2 Å². The largest absolute Gasteiger partial charge is 0.495 e. The molecule has 0 radical (unpaired) electrons. The topological polar surface area (TPSA) is 52.6 Å². The minimum atomic E-state index is -3.94. The lowest BCUT2D eigenvalue weighted by Crippen LogP contribution is -2.12. The molecule has 0 aliphatic rings. The third-order valence-electron chi connectivity index (χ3n) is 3.12. The molecule has 4 nitrogen and oxygen atoms in total. The van der Waals surface area contributed by atoms with Gasteiger partial charge in [-0.05, 0) is 50.1 Å². The van der Waals surface area contributed by atoms with Crippen molar-refractivity contribution in [2.45, 2.75) is 25.7 Å². The highest BCUT2D eigenvalue weighted by molar-refractivity contribution is 7.87. The van der Waals surface area contributed by atoms with Crippen LogP contribution in [0, 0.1) is 20.8 Å². The maximum atomic E-state index is 12.5. The fraction of sp³-hybridized carbons (Fsp3) is 0.250. The van der Waals surface area contributed by atoms with E-state index in [1.54, 1.807) is 18.2 Å². The second-order valence-electron chi connectivity index (χ2n) is 4.96. The summed E-state index contributed by atoms with van der Waals surface area (Å²) in [5, 5.41) is 0. The van der Waals surface area contributed by atoms with Crippen LogP contribution in [0.1, 0.15) is 16.7 Å². The van der Waals surface area contributed by atoms with Gasteiger partial charge in [0.1, 0.15) is 16.4 Å². The van der Waals surface area contributed by atoms with Crippen molar-refractivity contribution in [2.24, 2.45) is 0 Å². The first-order chi connectivity index (χ1) is 9.83. The first-order valence-electron chi connectivity index (χ1n) is 6.50. The summed E-state index contributed by atoms with van der Waals surface area (Å²) in [6.07, 6.45) is 0. The van der Waals surface area contributed by atoms with Crippen LogP contribution in [-0.2, 0) is 10.1 Å². The Morgan fingerprint density at radius 1 is 0.857 bits per heavy atom. The molecule has 0 aliphatic carbocycles. The predicted octanol–water partition coefficient (Wildman–Crippen LogP) is 3.39. The van der Waals surface area contributed by atoms with Gasteiger partial charge in [-0.15, -0.1) is 0 Å². The third-order valence-corrected chi connectivity index (χ3v) is 4.38. The summed E-state index contributed by atoms with van der Waals surface area (Å²) in [5.74, 6) is 0.592. The van der Waals surface area contributed by atoms with Crippen molar-refractivity contribution in [2.75, 3.05) is 7.11 Å². The lowest BCUT2D eigenvalue weighted by Gasteiger charge is -2.13. The summed E-state index contributed by atoms with van der Waals surface area (Å²) in [6, 6.07) is 10.3.